The smallest absolute Gasteiger partial charge is 0.261 e. The maximum Gasteiger partial charge on any atom is 0.261 e. The second kappa shape index (κ2) is 5.18. The van der Waals surface area contributed by atoms with E-state index in [1.54, 1.807) is 0 Å². The first-order valence-electron chi connectivity index (χ1n) is 6.36. The minimum absolute atomic E-state index is 0.0137. The summed E-state index contributed by atoms with van der Waals surface area (Å²) in [7, 11) is 2.92. The molecule has 0 saturated carbocycles. The summed E-state index contributed by atoms with van der Waals surface area (Å²) in [5.41, 5.74) is -0.711. The number of hydrogen-bond donors (Lipinski definition) is 0. The van der Waals surface area contributed by atoms with Gasteiger partial charge < -0.3 is 9.30 Å². The lowest BCUT2D eigenvalue weighted by Gasteiger charge is -2.08. The molecule has 0 N–H and O–H groups in total. The molecule has 0 aliphatic heterocycles. The van der Waals surface area contributed by atoms with Crippen LogP contribution in [-0.4, -0.2) is 21.6 Å². The van der Waals surface area contributed by atoms with Crippen LogP contribution < -0.4 is 10.3 Å². The van der Waals surface area contributed by atoms with Crippen LogP contribution in [0.25, 0.3) is 22.2 Å². The van der Waals surface area contributed by atoms with E-state index in [9.17, 15) is 13.6 Å². The Morgan fingerprint density at radius 3 is 2.50 bits per heavy atom. The summed E-state index contributed by atoms with van der Waals surface area (Å²) in [5.74, 6) is -1.94. The van der Waals surface area contributed by atoms with Crippen molar-refractivity contribution in [2.75, 3.05) is 7.11 Å². The molecule has 22 heavy (non-hydrogen) atoms. The van der Waals surface area contributed by atoms with Gasteiger partial charge in [-0.25, -0.2) is 18.7 Å². The Kier molecular flexibility index (Phi) is 3.32. The lowest BCUT2D eigenvalue weighted by atomic mass is 10.1. The molecule has 112 valence electrons. The molecule has 0 spiro atoms. The molecule has 0 bridgehead atoms. The molecular weight excluding hydrogens is 292 g/mol. The van der Waals surface area contributed by atoms with Gasteiger partial charge in [0, 0.05) is 13.2 Å². The average molecular weight is 303 g/mol. The van der Waals surface area contributed by atoms with Crippen molar-refractivity contribution in [1.82, 2.24) is 14.5 Å². The minimum Gasteiger partial charge on any atom is -0.494 e. The van der Waals surface area contributed by atoms with Crippen molar-refractivity contribution in [1.29, 1.82) is 0 Å². The standard InChI is InChI=1S/C15H11F2N3O2/c1-20-4-3-8-5-10(12(16)13(17)11(8)15(20)21)14-18-6-9(22-2)7-19-14/h3-7H,1-2H3. The van der Waals surface area contributed by atoms with Crippen LogP contribution in [0.5, 0.6) is 5.75 Å². The van der Waals surface area contributed by atoms with Gasteiger partial charge in [-0.3, -0.25) is 4.79 Å². The first-order chi connectivity index (χ1) is 10.5. The number of halogens is 2. The second-order valence-electron chi connectivity index (χ2n) is 4.69. The van der Waals surface area contributed by atoms with Crippen LogP contribution in [0.15, 0.2) is 35.5 Å². The van der Waals surface area contributed by atoms with Gasteiger partial charge in [0.25, 0.3) is 5.56 Å². The van der Waals surface area contributed by atoms with Crippen LogP contribution in [0.4, 0.5) is 8.78 Å². The van der Waals surface area contributed by atoms with E-state index in [2.05, 4.69) is 9.97 Å². The number of benzene rings is 1. The van der Waals surface area contributed by atoms with E-state index in [1.165, 1.54) is 49.4 Å². The van der Waals surface area contributed by atoms with Crippen LogP contribution in [0, 0.1) is 11.6 Å². The number of hydrogen-bond acceptors (Lipinski definition) is 4. The molecular formula is C15H11F2N3O2. The summed E-state index contributed by atoms with van der Waals surface area (Å²) in [6.07, 6.45) is 4.20. The van der Waals surface area contributed by atoms with Gasteiger partial charge in [0.2, 0.25) is 0 Å². The van der Waals surface area contributed by atoms with Gasteiger partial charge >= 0.3 is 0 Å². The van der Waals surface area contributed by atoms with Crippen LogP contribution in [-0.2, 0) is 7.05 Å². The SMILES string of the molecule is COc1cnc(-c2cc3ccn(C)c(=O)c3c(F)c2F)nc1. The summed E-state index contributed by atoms with van der Waals surface area (Å²) < 4.78 is 34.6. The first-order valence-corrected chi connectivity index (χ1v) is 6.36. The highest BCUT2D eigenvalue weighted by molar-refractivity contribution is 5.86. The summed E-state index contributed by atoms with van der Waals surface area (Å²) in [5, 5.41) is -0.00354. The number of methoxy groups -OCH3 is 1. The Hall–Kier alpha value is -2.83. The molecule has 0 aliphatic rings. The van der Waals surface area contributed by atoms with Crippen molar-refractivity contribution in [3.63, 3.8) is 0 Å². The molecule has 7 heteroatoms. The quantitative estimate of drug-likeness (QED) is 0.729. The van der Waals surface area contributed by atoms with Crippen molar-refractivity contribution < 1.29 is 13.5 Å². The molecule has 2 heterocycles. The average Bonchev–Trinajstić information content (AvgIpc) is 2.54. The molecule has 0 fully saturated rings. The fraction of sp³-hybridized carbons (Fsp3) is 0.133. The molecule has 0 aliphatic carbocycles. The second-order valence-corrected chi connectivity index (χ2v) is 4.69. The molecule has 3 aromatic rings. The van der Waals surface area contributed by atoms with E-state index >= 15 is 0 Å². The number of fused-ring (bicyclic) bond motifs is 1. The lowest BCUT2D eigenvalue weighted by molar-refractivity contribution is 0.411. The van der Waals surface area contributed by atoms with Crippen molar-refractivity contribution in [3.8, 4) is 17.1 Å². The van der Waals surface area contributed by atoms with E-state index in [0.717, 1.165) is 0 Å². The van der Waals surface area contributed by atoms with Gasteiger partial charge in [-0.1, -0.05) is 0 Å². The highest BCUT2D eigenvalue weighted by atomic mass is 19.2. The first kappa shape index (κ1) is 14.1. The van der Waals surface area contributed by atoms with Crippen LogP contribution in [0.1, 0.15) is 0 Å². The number of nitrogens with zero attached hydrogens (tertiary/aromatic N) is 3. The van der Waals surface area contributed by atoms with Gasteiger partial charge in [-0.05, 0) is 17.5 Å². The molecule has 0 amide bonds. The Balaban J connectivity index is 2.29. The molecule has 3 rings (SSSR count). The van der Waals surface area contributed by atoms with Gasteiger partial charge in [0.05, 0.1) is 30.5 Å². The van der Waals surface area contributed by atoms with Crippen molar-refractivity contribution in [2.24, 2.45) is 7.05 Å². The summed E-state index contributed by atoms with van der Waals surface area (Å²) in [6, 6.07) is 2.89. The molecule has 0 unspecified atom stereocenters. The Labute approximate surface area is 123 Å². The monoisotopic (exact) mass is 303 g/mol. The van der Waals surface area contributed by atoms with Gasteiger partial charge in [-0.2, -0.15) is 0 Å². The Bertz CT molecular complexity index is 921. The summed E-state index contributed by atoms with van der Waals surface area (Å²) in [6.45, 7) is 0. The Morgan fingerprint density at radius 1 is 1.18 bits per heavy atom. The predicted octanol–water partition coefficient (Wildman–Crippen LogP) is 2.28. The minimum atomic E-state index is -1.20. The number of aryl methyl sites for hydroxylation is 1. The van der Waals surface area contributed by atoms with E-state index in [0.29, 0.717) is 5.75 Å². The van der Waals surface area contributed by atoms with E-state index in [-0.39, 0.29) is 22.2 Å². The topological polar surface area (TPSA) is 57.0 Å². The molecule has 2 aromatic heterocycles. The Morgan fingerprint density at radius 2 is 1.86 bits per heavy atom. The van der Waals surface area contributed by atoms with Gasteiger partial charge in [0.1, 0.15) is 0 Å². The molecule has 1 aromatic carbocycles. The van der Waals surface area contributed by atoms with Crippen molar-refractivity contribution in [3.05, 3.63) is 52.7 Å². The third-order valence-electron chi connectivity index (χ3n) is 3.35. The predicted molar refractivity (Wildman–Crippen MR) is 76.7 cm³/mol. The number of aromatic nitrogens is 3. The van der Waals surface area contributed by atoms with E-state index in [1.807, 2.05) is 0 Å². The maximum absolute atomic E-state index is 14.3. The number of pyridine rings is 1. The van der Waals surface area contributed by atoms with Crippen LogP contribution in [0.2, 0.25) is 0 Å². The summed E-state index contributed by atoms with van der Waals surface area (Å²) >= 11 is 0. The molecule has 5 nitrogen and oxygen atoms in total. The maximum atomic E-state index is 14.3. The summed E-state index contributed by atoms with van der Waals surface area (Å²) in [4.78, 5) is 19.8. The molecule has 0 radical (unpaired) electrons. The normalized spacial score (nSPS) is 10.9. The fourth-order valence-corrected chi connectivity index (χ4v) is 2.15. The third kappa shape index (κ3) is 2.11. The van der Waals surface area contributed by atoms with Crippen molar-refractivity contribution >= 4 is 10.8 Å². The molecule has 0 atom stereocenters. The van der Waals surface area contributed by atoms with Crippen LogP contribution in [0.3, 0.4) is 0 Å². The zero-order valence-electron chi connectivity index (χ0n) is 11.8. The zero-order valence-corrected chi connectivity index (χ0v) is 11.8. The van der Waals surface area contributed by atoms with Gasteiger partial charge in [-0.15, -0.1) is 0 Å². The molecule has 0 saturated heterocycles. The van der Waals surface area contributed by atoms with E-state index < -0.39 is 17.2 Å². The van der Waals surface area contributed by atoms with Crippen molar-refractivity contribution in [2.45, 2.75) is 0 Å². The fourth-order valence-electron chi connectivity index (χ4n) is 2.15. The number of ether oxygens (including phenoxy) is 1. The lowest BCUT2D eigenvalue weighted by Crippen LogP contribution is -2.17. The van der Waals surface area contributed by atoms with E-state index in [4.69, 9.17) is 4.74 Å². The highest BCUT2D eigenvalue weighted by Crippen LogP contribution is 2.27. The third-order valence-corrected chi connectivity index (χ3v) is 3.35. The highest BCUT2D eigenvalue weighted by Gasteiger charge is 2.19. The van der Waals surface area contributed by atoms with Gasteiger partial charge in [0.15, 0.2) is 23.2 Å². The number of rotatable bonds is 2. The zero-order chi connectivity index (χ0) is 15.9. The van der Waals surface area contributed by atoms with Crippen LogP contribution >= 0.6 is 0 Å². The largest absolute Gasteiger partial charge is 0.494 e.